The van der Waals surface area contributed by atoms with E-state index in [9.17, 15) is 9.90 Å². The largest absolute Gasteiger partial charge is 0.467 e. The molecular weight excluding hydrogens is 216 g/mol. The minimum Gasteiger partial charge on any atom is -0.467 e. The minimum atomic E-state index is -1.30. The molecule has 1 fully saturated rings. The van der Waals surface area contributed by atoms with E-state index in [1.807, 2.05) is 13.8 Å². The van der Waals surface area contributed by atoms with Crippen molar-refractivity contribution in [2.75, 3.05) is 7.11 Å². The molecule has 0 aromatic carbocycles. The zero-order valence-corrected chi connectivity index (χ0v) is 11.4. The van der Waals surface area contributed by atoms with E-state index in [1.165, 1.54) is 26.4 Å². The third-order valence-corrected chi connectivity index (χ3v) is 4.12. The molecular formula is C14H26O3. The second kappa shape index (κ2) is 6.39. The van der Waals surface area contributed by atoms with Crippen LogP contribution in [0.5, 0.6) is 0 Å². The van der Waals surface area contributed by atoms with Gasteiger partial charge in [0.2, 0.25) is 0 Å². The summed E-state index contributed by atoms with van der Waals surface area (Å²) in [7, 11) is 1.36. The summed E-state index contributed by atoms with van der Waals surface area (Å²) in [5.74, 6) is -0.507. The summed E-state index contributed by atoms with van der Waals surface area (Å²) in [5.41, 5.74) is -1.30. The second-order valence-corrected chi connectivity index (χ2v) is 5.51. The third-order valence-electron chi connectivity index (χ3n) is 4.12. The van der Waals surface area contributed by atoms with Crippen LogP contribution >= 0.6 is 0 Å². The average molecular weight is 242 g/mol. The van der Waals surface area contributed by atoms with E-state index in [0.717, 1.165) is 25.7 Å². The Kier molecular flexibility index (Phi) is 5.44. The summed E-state index contributed by atoms with van der Waals surface area (Å²) in [4.78, 5) is 11.9. The Balaban J connectivity index is 2.83. The number of hydrogen-bond donors (Lipinski definition) is 1. The van der Waals surface area contributed by atoms with Crippen LogP contribution in [0.1, 0.15) is 58.8 Å². The molecule has 3 heteroatoms. The molecule has 0 radical (unpaired) electrons. The van der Waals surface area contributed by atoms with E-state index in [-0.39, 0.29) is 11.8 Å². The van der Waals surface area contributed by atoms with Gasteiger partial charge in [-0.25, -0.2) is 4.79 Å². The molecule has 3 nitrogen and oxygen atoms in total. The van der Waals surface area contributed by atoms with E-state index in [2.05, 4.69) is 0 Å². The maximum absolute atomic E-state index is 11.9. The fourth-order valence-electron chi connectivity index (χ4n) is 2.93. The van der Waals surface area contributed by atoms with Crippen LogP contribution in [0.3, 0.4) is 0 Å². The molecule has 0 aromatic heterocycles. The summed E-state index contributed by atoms with van der Waals surface area (Å²) in [6.45, 7) is 3.80. The Labute approximate surface area is 105 Å². The van der Waals surface area contributed by atoms with Crippen molar-refractivity contribution in [3.8, 4) is 0 Å². The van der Waals surface area contributed by atoms with Crippen molar-refractivity contribution in [3.05, 3.63) is 0 Å². The van der Waals surface area contributed by atoms with Crippen LogP contribution in [-0.4, -0.2) is 23.8 Å². The van der Waals surface area contributed by atoms with Crippen molar-refractivity contribution in [2.45, 2.75) is 64.4 Å². The second-order valence-electron chi connectivity index (χ2n) is 5.51. The lowest BCUT2D eigenvalue weighted by Crippen LogP contribution is -2.51. The van der Waals surface area contributed by atoms with Crippen LogP contribution in [-0.2, 0) is 9.53 Å². The topological polar surface area (TPSA) is 46.5 Å². The van der Waals surface area contributed by atoms with Crippen LogP contribution in [0, 0.1) is 11.8 Å². The highest BCUT2D eigenvalue weighted by molar-refractivity contribution is 5.79. The Morgan fingerprint density at radius 3 is 2.06 bits per heavy atom. The van der Waals surface area contributed by atoms with E-state index >= 15 is 0 Å². The number of esters is 1. The van der Waals surface area contributed by atoms with E-state index in [4.69, 9.17) is 4.74 Å². The van der Waals surface area contributed by atoms with Gasteiger partial charge in [-0.2, -0.15) is 0 Å². The minimum absolute atomic E-state index is 0.0512. The molecule has 0 aromatic rings. The van der Waals surface area contributed by atoms with Crippen molar-refractivity contribution < 1.29 is 14.6 Å². The molecule has 1 saturated carbocycles. The molecule has 0 amide bonds. The molecule has 0 aliphatic heterocycles. The van der Waals surface area contributed by atoms with Crippen LogP contribution in [0.2, 0.25) is 0 Å². The number of aliphatic hydroxyl groups is 1. The highest BCUT2D eigenvalue weighted by atomic mass is 16.5. The summed E-state index contributed by atoms with van der Waals surface area (Å²) < 4.78 is 4.81. The summed E-state index contributed by atoms with van der Waals surface area (Å²) >= 11 is 0. The van der Waals surface area contributed by atoms with Gasteiger partial charge in [0.15, 0.2) is 5.60 Å². The average Bonchev–Trinajstić information content (AvgIpc) is 2.26. The number of ether oxygens (including phenoxy) is 1. The maximum Gasteiger partial charge on any atom is 0.338 e. The molecule has 1 atom stereocenters. The fraction of sp³-hybridized carbons (Fsp3) is 0.929. The monoisotopic (exact) mass is 242 g/mol. The van der Waals surface area contributed by atoms with E-state index in [1.54, 1.807) is 0 Å². The fourth-order valence-corrected chi connectivity index (χ4v) is 2.93. The van der Waals surface area contributed by atoms with Gasteiger partial charge in [0.1, 0.15) is 0 Å². The Bertz CT molecular complexity index is 242. The number of hydrogen-bond acceptors (Lipinski definition) is 3. The molecule has 0 spiro atoms. The number of rotatable bonds is 3. The molecule has 17 heavy (non-hydrogen) atoms. The highest BCUT2D eigenvalue weighted by Crippen LogP contribution is 2.36. The Morgan fingerprint density at radius 1 is 1.18 bits per heavy atom. The van der Waals surface area contributed by atoms with Crippen molar-refractivity contribution in [2.24, 2.45) is 11.8 Å². The first-order valence-electron chi connectivity index (χ1n) is 6.84. The third kappa shape index (κ3) is 3.21. The summed E-state index contributed by atoms with van der Waals surface area (Å²) in [5, 5.41) is 10.7. The number of carbonyl (C=O) groups excluding carboxylic acids is 1. The van der Waals surface area contributed by atoms with Gasteiger partial charge in [-0.05, 0) is 24.7 Å². The Morgan fingerprint density at radius 2 is 1.65 bits per heavy atom. The molecule has 1 N–H and O–H groups in total. The Hall–Kier alpha value is -0.570. The van der Waals surface area contributed by atoms with Gasteiger partial charge in [0, 0.05) is 0 Å². The smallest absolute Gasteiger partial charge is 0.338 e. The molecule has 1 rings (SSSR count). The molecule has 1 aliphatic carbocycles. The lowest BCUT2D eigenvalue weighted by atomic mass is 9.73. The van der Waals surface area contributed by atoms with E-state index in [0.29, 0.717) is 0 Å². The van der Waals surface area contributed by atoms with Gasteiger partial charge in [-0.1, -0.05) is 46.0 Å². The lowest BCUT2D eigenvalue weighted by molar-refractivity contribution is -0.176. The van der Waals surface area contributed by atoms with E-state index < -0.39 is 11.6 Å². The van der Waals surface area contributed by atoms with Gasteiger partial charge in [-0.3, -0.25) is 0 Å². The highest BCUT2D eigenvalue weighted by Gasteiger charge is 2.47. The predicted octanol–water partition coefficient (Wildman–Crippen LogP) is 2.91. The van der Waals surface area contributed by atoms with Crippen molar-refractivity contribution in [1.82, 2.24) is 0 Å². The summed E-state index contributed by atoms with van der Waals surface area (Å²) in [6, 6.07) is 0. The van der Waals surface area contributed by atoms with Gasteiger partial charge in [0.05, 0.1) is 7.11 Å². The van der Waals surface area contributed by atoms with Crippen molar-refractivity contribution in [1.29, 1.82) is 0 Å². The zero-order chi connectivity index (χ0) is 12.9. The molecule has 0 heterocycles. The normalized spacial score (nSPS) is 22.6. The number of carbonyl (C=O) groups is 1. The van der Waals surface area contributed by atoms with Gasteiger partial charge >= 0.3 is 5.97 Å². The SMILES string of the molecule is COC(=O)C(O)(C(C)C)C1CCCCCCC1. The van der Waals surface area contributed by atoms with Gasteiger partial charge in [0.25, 0.3) is 0 Å². The molecule has 0 bridgehead atoms. The van der Waals surface area contributed by atoms with Crippen LogP contribution in [0.15, 0.2) is 0 Å². The molecule has 0 saturated heterocycles. The summed E-state index contributed by atoms with van der Waals surface area (Å²) in [6.07, 6.45) is 7.80. The molecule has 1 unspecified atom stereocenters. The standard InChI is InChI=1S/C14H26O3/c1-11(2)14(16,13(15)17-3)12-9-7-5-4-6-8-10-12/h11-12,16H,4-10H2,1-3H3. The van der Waals surface area contributed by atoms with Crippen LogP contribution in [0.25, 0.3) is 0 Å². The molecule has 100 valence electrons. The van der Waals surface area contributed by atoms with Crippen LogP contribution in [0.4, 0.5) is 0 Å². The number of methoxy groups -OCH3 is 1. The maximum atomic E-state index is 11.9. The molecule has 1 aliphatic rings. The first-order valence-corrected chi connectivity index (χ1v) is 6.84. The first-order chi connectivity index (χ1) is 8.03. The predicted molar refractivity (Wildman–Crippen MR) is 67.6 cm³/mol. The van der Waals surface area contributed by atoms with Gasteiger partial charge < -0.3 is 9.84 Å². The van der Waals surface area contributed by atoms with Gasteiger partial charge in [-0.15, -0.1) is 0 Å². The first kappa shape index (κ1) is 14.5. The van der Waals surface area contributed by atoms with Crippen molar-refractivity contribution in [3.63, 3.8) is 0 Å². The zero-order valence-electron chi connectivity index (χ0n) is 11.4. The van der Waals surface area contributed by atoms with Crippen LogP contribution < -0.4 is 0 Å². The lowest BCUT2D eigenvalue weighted by Gasteiger charge is -2.37. The van der Waals surface area contributed by atoms with Crippen molar-refractivity contribution >= 4 is 5.97 Å². The quantitative estimate of drug-likeness (QED) is 0.774.